The Labute approximate surface area is 148 Å². The molecule has 0 bridgehead atoms. The maximum atomic E-state index is 12.4. The number of aromatic nitrogens is 4. The standard InChI is InChI=1S/C18H26N6O/c1-10(2)18-19-8-7-14(21-18)20-13-9-15(25)23(5)17(13)16-11(3)22-24(6)12(16)4/h7-8,10,13,17H,9H2,1-6H3,(H,19,20,21)/t13-,17-/m1/s1. The molecule has 0 radical (unpaired) electrons. The first-order valence-electron chi connectivity index (χ1n) is 8.64. The third-order valence-corrected chi connectivity index (χ3v) is 4.97. The van der Waals surface area contributed by atoms with Crippen LogP contribution in [0.15, 0.2) is 12.3 Å². The predicted molar refractivity (Wildman–Crippen MR) is 96.3 cm³/mol. The van der Waals surface area contributed by atoms with E-state index >= 15 is 0 Å². The van der Waals surface area contributed by atoms with Gasteiger partial charge in [0.15, 0.2) is 0 Å². The monoisotopic (exact) mass is 342 g/mol. The van der Waals surface area contributed by atoms with Gasteiger partial charge >= 0.3 is 0 Å². The summed E-state index contributed by atoms with van der Waals surface area (Å²) in [5, 5.41) is 7.98. The fraction of sp³-hybridized carbons (Fsp3) is 0.556. The molecule has 2 aromatic rings. The summed E-state index contributed by atoms with van der Waals surface area (Å²) in [7, 11) is 3.80. The van der Waals surface area contributed by atoms with Gasteiger partial charge in [-0.15, -0.1) is 0 Å². The molecule has 1 saturated heterocycles. The number of nitrogens with one attached hydrogen (secondary N) is 1. The third kappa shape index (κ3) is 3.10. The number of carbonyl (C=O) groups excluding carboxylic acids is 1. The fourth-order valence-electron chi connectivity index (χ4n) is 3.53. The van der Waals surface area contributed by atoms with Crippen molar-refractivity contribution in [3.8, 4) is 0 Å². The molecule has 0 spiro atoms. The molecule has 3 heterocycles. The molecule has 1 aliphatic heterocycles. The van der Waals surface area contributed by atoms with Crippen LogP contribution in [0.1, 0.15) is 55.0 Å². The lowest BCUT2D eigenvalue weighted by atomic mass is 9.98. The molecular weight excluding hydrogens is 316 g/mol. The summed E-state index contributed by atoms with van der Waals surface area (Å²) in [4.78, 5) is 23.1. The molecule has 7 nitrogen and oxygen atoms in total. The molecule has 1 aliphatic rings. The van der Waals surface area contributed by atoms with E-state index in [1.807, 2.05) is 43.6 Å². The van der Waals surface area contributed by atoms with Crippen LogP contribution in [0.3, 0.4) is 0 Å². The zero-order valence-corrected chi connectivity index (χ0v) is 15.7. The summed E-state index contributed by atoms with van der Waals surface area (Å²) in [5.74, 6) is 1.94. The van der Waals surface area contributed by atoms with Gasteiger partial charge in [-0.1, -0.05) is 13.8 Å². The first kappa shape index (κ1) is 17.4. The van der Waals surface area contributed by atoms with E-state index in [-0.39, 0.29) is 23.9 Å². The number of amides is 1. The molecule has 134 valence electrons. The zero-order valence-electron chi connectivity index (χ0n) is 15.7. The smallest absolute Gasteiger partial charge is 0.225 e. The molecule has 0 unspecified atom stereocenters. The molecule has 1 N–H and O–H groups in total. The molecular formula is C18H26N6O. The lowest BCUT2D eigenvalue weighted by Gasteiger charge is -2.26. The molecule has 2 aromatic heterocycles. The van der Waals surface area contributed by atoms with Crippen molar-refractivity contribution in [2.24, 2.45) is 7.05 Å². The maximum absolute atomic E-state index is 12.4. The van der Waals surface area contributed by atoms with E-state index in [9.17, 15) is 4.79 Å². The van der Waals surface area contributed by atoms with Gasteiger partial charge < -0.3 is 10.2 Å². The van der Waals surface area contributed by atoms with Crippen LogP contribution < -0.4 is 5.32 Å². The Kier molecular flexibility index (Phi) is 4.49. The molecule has 1 fully saturated rings. The highest BCUT2D eigenvalue weighted by Gasteiger charge is 2.41. The molecule has 1 amide bonds. The minimum Gasteiger partial charge on any atom is -0.364 e. The van der Waals surface area contributed by atoms with E-state index in [0.29, 0.717) is 6.42 Å². The van der Waals surface area contributed by atoms with Crippen molar-refractivity contribution in [3.05, 3.63) is 35.0 Å². The molecule has 0 saturated carbocycles. The van der Waals surface area contributed by atoms with E-state index < -0.39 is 0 Å². The van der Waals surface area contributed by atoms with Crippen LogP contribution in [-0.4, -0.2) is 43.6 Å². The maximum Gasteiger partial charge on any atom is 0.225 e. The number of likely N-dealkylation sites (tertiary alicyclic amines) is 1. The number of rotatable bonds is 4. The van der Waals surface area contributed by atoms with Crippen LogP contribution in [0.4, 0.5) is 5.82 Å². The zero-order chi connectivity index (χ0) is 18.3. The largest absolute Gasteiger partial charge is 0.364 e. The van der Waals surface area contributed by atoms with Crippen LogP contribution in [0, 0.1) is 13.8 Å². The van der Waals surface area contributed by atoms with E-state index in [0.717, 1.165) is 28.6 Å². The van der Waals surface area contributed by atoms with Crippen LogP contribution in [0.5, 0.6) is 0 Å². The van der Waals surface area contributed by atoms with E-state index in [1.54, 1.807) is 6.20 Å². The SMILES string of the molecule is Cc1nn(C)c(C)c1[C@H]1[C@H](Nc2ccnc(C(C)C)n2)CC(=O)N1C. The highest BCUT2D eigenvalue weighted by atomic mass is 16.2. The minimum atomic E-state index is -0.0568. The van der Waals surface area contributed by atoms with Crippen molar-refractivity contribution in [3.63, 3.8) is 0 Å². The van der Waals surface area contributed by atoms with Crippen molar-refractivity contribution in [2.75, 3.05) is 12.4 Å². The third-order valence-electron chi connectivity index (χ3n) is 4.97. The topological polar surface area (TPSA) is 75.9 Å². The summed E-state index contributed by atoms with van der Waals surface area (Å²) in [6.07, 6.45) is 2.21. The predicted octanol–water partition coefficient (Wildman–Crippen LogP) is 2.33. The van der Waals surface area contributed by atoms with Gasteiger partial charge in [-0.05, 0) is 19.9 Å². The van der Waals surface area contributed by atoms with Crippen molar-refractivity contribution in [1.29, 1.82) is 0 Å². The highest BCUT2D eigenvalue weighted by molar-refractivity contribution is 5.81. The Balaban J connectivity index is 1.94. The van der Waals surface area contributed by atoms with E-state index in [4.69, 9.17) is 0 Å². The van der Waals surface area contributed by atoms with Crippen molar-refractivity contribution < 1.29 is 4.79 Å². The normalized spacial score (nSPS) is 20.6. The molecule has 7 heteroatoms. The Hall–Kier alpha value is -2.44. The first-order valence-corrected chi connectivity index (χ1v) is 8.64. The first-order chi connectivity index (χ1) is 11.8. The van der Waals surface area contributed by atoms with Crippen LogP contribution >= 0.6 is 0 Å². The van der Waals surface area contributed by atoms with Gasteiger partial charge in [0, 0.05) is 43.9 Å². The van der Waals surface area contributed by atoms with Crippen LogP contribution in [0.2, 0.25) is 0 Å². The number of anilines is 1. The fourth-order valence-corrected chi connectivity index (χ4v) is 3.53. The lowest BCUT2D eigenvalue weighted by molar-refractivity contribution is -0.127. The summed E-state index contributed by atoms with van der Waals surface area (Å²) in [6.45, 7) is 8.18. The van der Waals surface area contributed by atoms with E-state index in [1.165, 1.54) is 0 Å². The second-order valence-corrected chi connectivity index (χ2v) is 7.07. The number of hydrogen-bond donors (Lipinski definition) is 1. The molecule has 25 heavy (non-hydrogen) atoms. The number of nitrogens with zero attached hydrogens (tertiary/aromatic N) is 5. The second-order valence-electron chi connectivity index (χ2n) is 7.07. The van der Waals surface area contributed by atoms with Crippen molar-refractivity contribution in [2.45, 2.75) is 52.1 Å². The molecule has 0 aliphatic carbocycles. The van der Waals surface area contributed by atoms with Crippen LogP contribution in [0.25, 0.3) is 0 Å². The Bertz CT molecular complexity index is 797. The Morgan fingerprint density at radius 3 is 2.60 bits per heavy atom. The van der Waals surface area contributed by atoms with Gasteiger partial charge in [0.25, 0.3) is 0 Å². The van der Waals surface area contributed by atoms with Crippen molar-refractivity contribution in [1.82, 2.24) is 24.6 Å². The quantitative estimate of drug-likeness (QED) is 0.923. The summed E-state index contributed by atoms with van der Waals surface area (Å²) < 4.78 is 1.87. The number of aryl methyl sites for hydroxylation is 2. The second kappa shape index (κ2) is 6.46. The van der Waals surface area contributed by atoms with Gasteiger partial charge in [-0.2, -0.15) is 5.10 Å². The van der Waals surface area contributed by atoms with Gasteiger partial charge in [-0.25, -0.2) is 9.97 Å². The number of hydrogen-bond acceptors (Lipinski definition) is 5. The van der Waals surface area contributed by atoms with Gasteiger partial charge in [-0.3, -0.25) is 9.48 Å². The molecule has 2 atom stereocenters. The lowest BCUT2D eigenvalue weighted by Crippen LogP contribution is -2.31. The average molecular weight is 342 g/mol. The minimum absolute atomic E-state index is 0.0472. The summed E-state index contributed by atoms with van der Waals surface area (Å²) >= 11 is 0. The van der Waals surface area contributed by atoms with E-state index in [2.05, 4.69) is 34.2 Å². The van der Waals surface area contributed by atoms with Gasteiger partial charge in [0.05, 0.1) is 17.8 Å². The molecule has 0 aromatic carbocycles. The molecule has 3 rings (SSSR count). The van der Waals surface area contributed by atoms with Gasteiger partial charge in [0.2, 0.25) is 5.91 Å². The number of carbonyl (C=O) groups is 1. The van der Waals surface area contributed by atoms with Crippen LogP contribution in [-0.2, 0) is 11.8 Å². The van der Waals surface area contributed by atoms with Gasteiger partial charge in [0.1, 0.15) is 11.6 Å². The highest BCUT2D eigenvalue weighted by Crippen LogP contribution is 2.36. The summed E-state index contributed by atoms with van der Waals surface area (Å²) in [6, 6.07) is 1.75. The average Bonchev–Trinajstić information content (AvgIpc) is 2.96. The Morgan fingerprint density at radius 2 is 2.00 bits per heavy atom. The number of likely N-dealkylation sites (N-methyl/N-ethyl adjacent to an activating group) is 1. The summed E-state index contributed by atoms with van der Waals surface area (Å²) in [5.41, 5.74) is 3.16. The van der Waals surface area contributed by atoms with Crippen molar-refractivity contribution >= 4 is 11.7 Å². The Morgan fingerprint density at radius 1 is 1.28 bits per heavy atom.